The van der Waals surface area contributed by atoms with E-state index in [0.717, 1.165) is 0 Å². The molecule has 25 heavy (non-hydrogen) atoms. The van der Waals surface area contributed by atoms with Gasteiger partial charge in [0, 0.05) is 5.02 Å². The van der Waals surface area contributed by atoms with Crippen molar-refractivity contribution < 1.29 is 19.1 Å². The monoisotopic (exact) mass is 366 g/mol. The maximum Gasteiger partial charge on any atom is 0.350 e. The molecule has 0 radical (unpaired) electrons. The minimum Gasteiger partial charge on any atom is -0.476 e. The Hall–Kier alpha value is -2.26. The van der Waals surface area contributed by atoms with Crippen LogP contribution >= 0.6 is 11.6 Å². The quantitative estimate of drug-likeness (QED) is 0.749. The molecule has 0 saturated carbocycles. The van der Waals surface area contributed by atoms with Gasteiger partial charge in [0.05, 0.1) is 6.07 Å². The highest BCUT2D eigenvalue weighted by Gasteiger charge is 2.34. The van der Waals surface area contributed by atoms with Gasteiger partial charge < -0.3 is 14.8 Å². The summed E-state index contributed by atoms with van der Waals surface area (Å²) < 4.78 is 10.6. The number of carbonyl (C=O) groups is 2. The van der Waals surface area contributed by atoms with E-state index in [9.17, 15) is 14.9 Å². The van der Waals surface area contributed by atoms with Crippen molar-refractivity contribution >= 4 is 23.5 Å². The van der Waals surface area contributed by atoms with Crippen LogP contribution in [0.25, 0.3) is 0 Å². The van der Waals surface area contributed by atoms with E-state index < -0.39 is 29.6 Å². The molecule has 1 aromatic carbocycles. The maximum atomic E-state index is 12.2. The SMILES string of the molecule is CC(C)C(C)(C#N)NC(=O)COC(=O)C(C)(C)Oc1ccc(Cl)cc1. The van der Waals surface area contributed by atoms with Gasteiger partial charge >= 0.3 is 5.97 Å². The van der Waals surface area contributed by atoms with Crippen LogP contribution in [0.2, 0.25) is 5.02 Å². The average Bonchev–Trinajstić information content (AvgIpc) is 2.54. The molecule has 0 aliphatic carbocycles. The van der Waals surface area contributed by atoms with Crippen LogP contribution in [0.5, 0.6) is 5.75 Å². The van der Waals surface area contributed by atoms with Gasteiger partial charge in [-0.25, -0.2) is 4.79 Å². The van der Waals surface area contributed by atoms with Gasteiger partial charge in [0.25, 0.3) is 5.91 Å². The fourth-order valence-corrected chi connectivity index (χ4v) is 1.90. The Kier molecular flexibility index (Phi) is 6.83. The number of benzene rings is 1. The van der Waals surface area contributed by atoms with Gasteiger partial charge in [0.15, 0.2) is 12.2 Å². The number of hydrogen-bond acceptors (Lipinski definition) is 5. The van der Waals surface area contributed by atoms with Gasteiger partial charge in [-0.15, -0.1) is 0 Å². The molecule has 0 aliphatic heterocycles. The van der Waals surface area contributed by atoms with Crippen LogP contribution in [-0.2, 0) is 14.3 Å². The van der Waals surface area contributed by atoms with Crippen molar-refractivity contribution in [3.8, 4) is 11.8 Å². The van der Waals surface area contributed by atoms with Gasteiger partial charge in [-0.3, -0.25) is 4.79 Å². The summed E-state index contributed by atoms with van der Waals surface area (Å²) in [6.07, 6.45) is 0. The Bertz CT molecular complexity index is 665. The van der Waals surface area contributed by atoms with Crippen molar-refractivity contribution in [2.45, 2.75) is 45.8 Å². The predicted molar refractivity (Wildman–Crippen MR) is 94.1 cm³/mol. The summed E-state index contributed by atoms with van der Waals surface area (Å²) in [5, 5.41) is 12.3. The van der Waals surface area contributed by atoms with Crippen molar-refractivity contribution in [2.24, 2.45) is 5.92 Å². The molecule has 1 amide bonds. The van der Waals surface area contributed by atoms with Gasteiger partial charge in [-0.2, -0.15) is 5.26 Å². The molecule has 1 rings (SSSR count). The fourth-order valence-electron chi connectivity index (χ4n) is 1.77. The summed E-state index contributed by atoms with van der Waals surface area (Å²) in [4.78, 5) is 24.1. The van der Waals surface area contributed by atoms with Crippen molar-refractivity contribution in [3.05, 3.63) is 29.3 Å². The lowest BCUT2D eigenvalue weighted by Crippen LogP contribution is -2.50. The molecule has 136 valence electrons. The minimum absolute atomic E-state index is 0.0955. The molecular weight excluding hydrogens is 344 g/mol. The predicted octanol–water partition coefficient (Wildman–Crippen LogP) is 3.10. The molecule has 1 atom stereocenters. The van der Waals surface area contributed by atoms with Crippen LogP contribution in [0.3, 0.4) is 0 Å². The minimum atomic E-state index is -1.29. The summed E-state index contributed by atoms with van der Waals surface area (Å²) in [6.45, 7) is 7.84. The van der Waals surface area contributed by atoms with Crippen LogP contribution in [0.4, 0.5) is 0 Å². The van der Waals surface area contributed by atoms with E-state index in [4.69, 9.17) is 21.1 Å². The van der Waals surface area contributed by atoms with Crippen LogP contribution in [-0.4, -0.2) is 29.6 Å². The Balaban J connectivity index is 2.61. The van der Waals surface area contributed by atoms with Gasteiger partial charge in [-0.1, -0.05) is 25.4 Å². The first-order valence-electron chi connectivity index (χ1n) is 7.84. The fraction of sp³-hybridized carbons (Fsp3) is 0.500. The summed E-state index contributed by atoms with van der Waals surface area (Å²) in [5.74, 6) is -0.885. The lowest BCUT2D eigenvalue weighted by Gasteiger charge is -2.28. The molecule has 7 heteroatoms. The number of carbonyl (C=O) groups excluding carboxylic acids is 2. The first-order valence-corrected chi connectivity index (χ1v) is 8.22. The third-order valence-electron chi connectivity index (χ3n) is 3.80. The van der Waals surface area contributed by atoms with Crippen molar-refractivity contribution in [2.75, 3.05) is 6.61 Å². The first kappa shape index (κ1) is 20.8. The molecule has 0 bridgehead atoms. The highest BCUT2D eigenvalue weighted by atomic mass is 35.5. The molecule has 1 N–H and O–H groups in total. The third-order valence-corrected chi connectivity index (χ3v) is 4.05. The second-order valence-electron chi connectivity index (χ2n) is 6.66. The van der Waals surface area contributed by atoms with E-state index in [2.05, 4.69) is 11.4 Å². The molecule has 0 fully saturated rings. The van der Waals surface area contributed by atoms with Gasteiger partial charge in [0.2, 0.25) is 0 Å². The van der Waals surface area contributed by atoms with Gasteiger partial charge in [-0.05, 0) is 51.0 Å². The smallest absolute Gasteiger partial charge is 0.350 e. The lowest BCUT2D eigenvalue weighted by molar-refractivity contribution is -0.162. The number of halogens is 1. The Morgan fingerprint density at radius 1 is 1.24 bits per heavy atom. The van der Waals surface area contributed by atoms with E-state index >= 15 is 0 Å². The maximum absolute atomic E-state index is 12.2. The molecule has 6 nitrogen and oxygen atoms in total. The van der Waals surface area contributed by atoms with E-state index in [0.29, 0.717) is 10.8 Å². The largest absolute Gasteiger partial charge is 0.476 e. The zero-order valence-electron chi connectivity index (χ0n) is 15.1. The number of rotatable bonds is 7. The number of nitrogens with one attached hydrogen (secondary N) is 1. The molecule has 0 saturated heterocycles. The van der Waals surface area contributed by atoms with Crippen molar-refractivity contribution in [1.29, 1.82) is 5.26 Å². The van der Waals surface area contributed by atoms with Crippen LogP contribution in [0.15, 0.2) is 24.3 Å². The standard InChI is InChI=1S/C18H23ClN2O4/c1-12(2)18(5,11-20)21-15(22)10-24-16(23)17(3,4)25-14-8-6-13(19)7-9-14/h6-9,12H,10H2,1-5H3,(H,21,22). The zero-order chi connectivity index (χ0) is 19.3. The second-order valence-corrected chi connectivity index (χ2v) is 7.10. The molecule has 0 heterocycles. The highest BCUT2D eigenvalue weighted by molar-refractivity contribution is 6.30. The van der Waals surface area contributed by atoms with E-state index in [-0.39, 0.29) is 5.92 Å². The highest BCUT2D eigenvalue weighted by Crippen LogP contribution is 2.22. The molecule has 1 aromatic rings. The van der Waals surface area contributed by atoms with Crippen molar-refractivity contribution in [3.63, 3.8) is 0 Å². The Morgan fingerprint density at radius 2 is 1.80 bits per heavy atom. The number of amides is 1. The summed E-state index contributed by atoms with van der Waals surface area (Å²) in [6, 6.07) is 8.59. The number of esters is 1. The topological polar surface area (TPSA) is 88.4 Å². The van der Waals surface area contributed by atoms with E-state index in [1.54, 1.807) is 31.2 Å². The number of nitrogens with zero attached hydrogens (tertiary/aromatic N) is 1. The molecule has 0 spiro atoms. The van der Waals surface area contributed by atoms with Crippen LogP contribution in [0.1, 0.15) is 34.6 Å². The van der Waals surface area contributed by atoms with Crippen molar-refractivity contribution in [1.82, 2.24) is 5.32 Å². The van der Waals surface area contributed by atoms with E-state index in [1.165, 1.54) is 13.8 Å². The Labute approximate surface area is 153 Å². The average molecular weight is 367 g/mol. The summed E-state index contributed by atoms with van der Waals surface area (Å²) in [7, 11) is 0. The van der Waals surface area contributed by atoms with E-state index in [1.807, 2.05) is 13.8 Å². The zero-order valence-corrected chi connectivity index (χ0v) is 15.8. The molecule has 1 unspecified atom stereocenters. The lowest BCUT2D eigenvalue weighted by atomic mass is 9.90. The summed E-state index contributed by atoms with van der Waals surface area (Å²) in [5.41, 5.74) is -2.32. The summed E-state index contributed by atoms with van der Waals surface area (Å²) >= 11 is 5.80. The number of nitriles is 1. The second kappa shape index (κ2) is 8.21. The Morgan fingerprint density at radius 3 is 2.28 bits per heavy atom. The number of hydrogen-bond donors (Lipinski definition) is 1. The van der Waals surface area contributed by atoms with Gasteiger partial charge in [0.1, 0.15) is 11.3 Å². The van der Waals surface area contributed by atoms with Crippen LogP contribution in [0, 0.1) is 17.2 Å². The molecular formula is C18H23ClN2O4. The first-order chi connectivity index (χ1) is 11.5. The molecule has 0 aliphatic rings. The third kappa shape index (κ3) is 5.95. The van der Waals surface area contributed by atoms with Crippen LogP contribution < -0.4 is 10.1 Å². The number of ether oxygens (including phenoxy) is 2. The normalized spacial score (nSPS) is 13.5. The molecule has 0 aromatic heterocycles.